The van der Waals surface area contributed by atoms with Crippen molar-refractivity contribution in [2.45, 2.75) is 13.8 Å². The molecule has 1 aromatic heterocycles. The molecular formula is C11H14N2O4. The molecule has 0 bridgehead atoms. The minimum Gasteiger partial charge on any atom is -0.481 e. The summed E-state index contributed by atoms with van der Waals surface area (Å²) in [6.07, 6.45) is 0. The van der Waals surface area contributed by atoms with Gasteiger partial charge in [-0.05, 0) is 12.8 Å². The fraction of sp³-hybridized carbons (Fsp3) is 0.545. The largest absolute Gasteiger partial charge is 0.481 e. The minimum atomic E-state index is -0.860. The first-order valence-electron chi connectivity index (χ1n) is 5.44. The number of rotatable bonds is 2. The molecule has 0 aliphatic carbocycles. The third-order valence-corrected chi connectivity index (χ3v) is 3.06. The molecular weight excluding hydrogens is 224 g/mol. The maximum atomic E-state index is 12.0. The SMILES string of the molecule is Cc1cc(C(=O)N2C[C@@H](C)[C@H](C(=O)O)C2)on1. The number of amides is 1. The van der Waals surface area contributed by atoms with E-state index in [1.165, 1.54) is 4.90 Å². The fourth-order valence-electron chi connectivity index (χ4n) is 2.07. The number of aliphatic carboxylic acids is 1. The van der Waals surface area contributed by atoms with Gasteiger partial charge in [-0.3, -0.25) is 9.59 Å². The van der Waals surface area contributed by atoms with Gasteiger partial charge in [-0.2, -0.15) is 0 Å². The first-order valence-corrected chi connectivity index (χ1v) is 5.44. The molecule has 1 N–H and O–H groups in total. The predicted octanol–water partition coefficient (Wildman–Crippen LogP) is 0.776. The van der Waals surface area contributed by atoms with Crippen LogP contribution in [0.2, 0.25) is 0 Å². The number of hydrogen-bond acceptors (Lipinski definition) is 4. The Morgan fingerprint density at radius 2 is 2.24 bits per heavy atom. The molecule has 1 aliphatic rings. The number of nitrogens with zero attached hydrogens (tertiary/aromatic N) is 2. The van der Waals surface area contributed by atoms with Crippen molar-refractivity contribution < 1.29 is 19.2 Å². The molecule has 2 heterocycles. The van der Waals surface area contributed by atoms with E-state index in [2.05, 4.69) is 5.16 Å². The molecule has 1 aromatic rings. The van der Waals surface area contributed by atoms with Crippen molar-refractivity contribution in [3.63, 3.8) is 0 Å². The molecule has 1 saturated heterocycles. The van der Waals surface area contributed by atoms with E-state index >= 15 is 0 Å². The van der Waals surface area contributed by atoms with Gasteiger partial charge >= 0.3 is 5.97 Å². The van der Waals surface area contributed by atoms with Crippen molar-refractivity contribution in [2.75, 3.05) is 13.1 Å². The normalized spacial score (nSPS) is 24.0. The van der Waals surface area contributed by atoms with Crippen LogP contribution in [-0.4, -0.2) is 40.1 Å². The quantitative estimate of drug-likeness (QED) is 0.822. The summed E-state index contributed by atoms with van der Waals surface area (Å²) in [6, 6.07) is 1.56. The molecule has 0 radical (unpaired) electrons. The third-order valence-electron chi connectivity index (χ3n) is 3.06. The molecule has 92 valence electrons. The highest BCUT2D eigenvalue weighted by Gasteiger charge is 2.38. The Labute approximate surface area is 98.2 Å². The molecule has 1 aliphatic heterocycles. The van der Waals surface area contributed by atoms with Crippen LogP contribution in [0.15, 0.2) is 10.6 Å². The lowest BCUT2D eigenvalue weighted by Gasteiger charge is -2.13. The van der Waals surface area contributed by atoms with Gasteiger partial charge in [0.2, 0.25) is 5.76 Å². The van der Waals surface area contributed by atoms with Crippen molar-refractivity contribution in [1.82, 2.24) is 10.1 Å². The maximum absolute atomic E-state index is 12.0. The summed E-state index contributed by atoms with van der Waals surface area (Å²) in [5.41, 5.74) is 0.635. The molecule has 0 unspecified atom stereocenters. The lowest BCUT2D eigenvalue weighted by atomic mass is 9.99. The van der Waals surface area contributed by atoms with Gasteiger partial charge in [-0.1, -0.05) is 12.1 Å². The van der Waals surface area contributed by atoms with Gasteiger partial charge in [-0.15, -0.1) is 0 Å². The van der Waals surface area contributed by atoms with E-state index in [4.69, 9.17) is 9.63 Å². The standard InChI is InChI=1S/C11H14N2O4/c1-6-4-13(5-8(6)11(15)16)10(14)9-3-7(2)12-17-9/h3,6,8H,4-5H2,1-2H3,(H,15,16)/t6-,8-/m1/s1. The molecule has 17 heavy (non-hydrogen) atoms. The average Bonchev–Trinajstić information content (AvgIpc) is 2.83. The monoisotopic (exact) mass is 238 g/mol. The van der Waals surface area contributed by atoms with Crippen LogP contribution in [-0.2, 0) is 4.79 Å². The first-order chi connectivity index (χ1) is 7.99. The number of carbonyl (C=O) groups excluding carboxylic acids is 1. The smallest absolute Gasteiger partial charge is 0.308 e. The Hall–Kier alpha value is -1.85. The zero-order valence-corrected chi connectivity index (χ0v) is 9.71. The number of aromatic nitrogens is 1. The highest BCUT2D eigenvalue weighted by Crippen LogP contribution is 2.24. The Kier molecular flexibility index (Phi) is 2.87. The fourth-order valence-corrected chi connectivity index (χ4v) is 2.07. The van der Waals surface area contributed by atoms with Gasteiger partial charge in [0, 0.05) is 19.2 Å². The summed E-state index contributed by atoms with van der Waals surface area (Å²) in [7, 11) is 0. The second-order valence-electron chi connectivity index (χ2n) is 4.46. The lowest BCUT2D eigenvalue weighted by Crippen LogP contribution is -2.29. The average molecular weight is 238 g/mol. The van der Waals surface area contributed by atoms with Crippen molar-refractivity contribution in [3.8, 4) is 0 Å². The lowest BCUT2D eigenvalue weighted by molar-refractivity contribution is -0.142. The number of carboxylic acid groups (broad SMARTS) is 1. The highest BCUT2D eigenvalue weighted by molar-refractivity contribution is 5.92. The number of likely N-dealkylation sites (tertiary alicyclic amines) is 1. The maximum Gasteiger partial charge on any atom is 0.308 e. The van der Waals surface area contributed by atoms with E-state index in [0.717, 1.165) is 0 Å². The molecule has 0 spiro atoms. The number of aryl methyl sites for hydroxylation is 1. The molecule has 2 atom stereocenters. The second-order valence-corrected chi connectivity index (χ2v) is 4.46. The van der Waals surface area contributed by atoms with Gasteiger partial charge < -0.3 is 14.5 Å². The number of carboxylic acids is 1. The van der Waals surface area contributed by atoms with Crippen LogP contribution in [0.5, 0.6) is 0 Å². The van der Waals surface area contributed by atoms with Crippen LogP contribution in [0, 0.1) is 18.8 Å². The van der Waals surface area contributed by atoms with Crippen LogP contribution in [0.1, 0.15) is 23.2 Å². The first kappa shape index (κ1) is 11.6. The van der Waals surface area contributed by atoms with E-state index in [1.54, 1.807) is 13.0 Å². The zero-order valence-electron chi connectivity index (χ0n) is 9.71. The van der Waals surface area contributed by atoms with Crippen molar-refractivity contribution in [3.05, 3.63) is 17.5 Å². The highest BCUT2D eigenvalue weighted by atomic mass is 16.5. The third kappa shape index (κ3) is 2.15. The Morgan fingerprint density at radius 3 is 2.71 bits per heavy atom. The molecule has 2 rings (SSSR count). The summed E-state index contributed by atoms with van der Waals surface area (Å²) >= 11 is 0. The topological polar surface area (TPSA) is 83.6 Å². The molecule has 6 nitrogen and oxygen atoms in total. The Morgan fingerprint density at radius 1 is 1.53 bits per heavy atom. The zero-order chi connectivity index (χ0) is 12.6. The molecule has 6 heteroatoms. The van der Waals surface area contributed by atoms with Crippen molar-refractivity contribution in [2.24, 2.45) is 11.8 Å². The minimum absolute atomic E-state index is 0.0412. The summed E-state index contributed by atoms with van der Waals surface area (Å²) < 4.78 is 4.88. The van der Waals surface area contributed by atoms with Gasteiger partial charge in [0.05, 0.1) is 11.6 Å². The van der Waals surface area contributed by atoms with Crippen LogP contribution < -0.4 is 0 Å². The summed E-state index contributed by atoms with van der Waals surface area (Å²) in [4.78, 5) is 24.4. The molecule has 1 fully saturated rings. The van der Waals surface area contributed by atoms with Crippen LogP contribution in [0.4, 0.5) is 0 Å². The van der Waals surface area contributed by atoms with E-state index in [9.17, 15) is 9.59 Å². The van der Waals surface area contributed by atoms with E-state index in [-0.39, 0.29) is 24.1 Å². The van der Waals surface area contributed by atoms with E-state index in [1.807, 2.05) is 6.92 Å². The Balaban J connectivity index is 2.10. The molecule has 1 amide bonds. The van der Waals surface area contributed by atoms with Crippen LogP contribution in [0.3, 0.4) is 0 Å². The van der Waals surface area contributed by atoms with Crippen LogP contribution >= 0.6 is 0 Å². The second kappa shape index (κ2) is 4.20. The summed E-state index contributed by atoms with van der Waals surface area (Å²) in [5, 5.41) is 12.6. The van der Waals surface area contributed by atoms with Gasteiger partial charge in [-0.25, -0.2) is 0 Å². The number of carbonyl (C=O) groups is 2. The molecule has 0 aromatic carbocycles. The Bertz CT molecular complexity index is 454. The molecule has 0 saturated carbocycles. The van der Waals surface area contributed by atoms with Crippen molar-refractivity contribution in [1.29, 1.82) is 0 Å². The van der Waals surface area contributed by atoms with Crippen molar-refractivity contribution >= 4 is 11.9 Å². The summed E-state index contributed by atoms with van der Waals surface area (Å²) in [6.45, 7) is 4.23. The predicted molar refractivity (Wildman–Crippen MR) is 57.4 cm³/mol. The van der Waals surface area contributed by atoms with Gasteiger partial charge in [0.25, 0.3) is 5.91 Å². The number of hydrogen-bond donors (Lipinski definition) is 1. The van der Waals surface area contributed by atoms with Crippen LogP contribution in [0.25, 0.3) is 0 Å². The summed E-state index contributed by atoms with van der Waals surface area (Å²) in [5.74, 6) is -1.52. The van der Waals surface area contributed by atoms with E-state index in [0.29, 0.717) is 12.2 Å². The van der Waals surface area contributed by atoms with Gasteiger partial charge in [0.1, 0.15) is 0 Å². The van der Waals surface area contributed by atoms with E-state index < -0.39 is 11.9 Å². The van der Waals surface area contributed by atoms with Gasteiger partial charge in [0.15, 0.2) is 0 Å².